The third-order valence-electron chi connectivity index (χ3n) is 2.23. The van der Waals surface area contributed by atoms with Crippen LogP contribution in [0.2, 0.25) is 0 Å². The highest BCUT2D eigenvalue weighted by Crippen LogP contribution is 2.25. The molecule has 21 heavy (non-hydrogen) atoms. The van der Waals surface area contributed by atoms with Crippen LogP contribution in [0.3, 0.4) is 0 Å². The van der Waals surface area contributed by atoms with Crippen molar-refractivity contribution in [3.8, 4) is 5.75 Å². The second kappa shape index (κ2) is 9.30. The fraction of sp³-hybridized carbons (Fsp3) is 0.385. The highest BCUT2D eigenvalue weighted by atomic mass is 79.9. The Kier molecular flexibility index (Phi) is 7.70. The van der Waals surface area contributed by atoms with Crippen LogP contribution in [0.5, 0.6) is 5.75 Å². The van der Waals surface area contributed by atoms with Gasteiger partial charge in [-0.25, -0.2) is 9.18 Å². The van der Waals surface area contributed by atoms with Crippen molar-refractivity contribution in [2.45, 2.75) is 0 Å². The topological polar surface area (TPSA) is 73.9 Å². The van der Waals surface area contributed by atoms with Gasteiger partial charge in [-0.1, -0.05) is 0 Å². The lowest BCUT2D eigenvalue weighted by atomic mass is 10.3. The molecule has 0 unspecified atom stereocenters. The largest absolute Gasteiger partial charge is 0.481 e. The van der Waals surface area contributed by atoms with E-state index < -0.39 is 24.3 Å². The number of amides is 1. The fourth-order valence-electron chi connectivity index (χ4n) is 1.26. The van der Waals surface area contributed by atoms with Gasteiger partial charge in [-0.2, -0.15) is 0 Å². The number of rotatable bonds is 8. The average molecular weight is 364 g/mol. The van der Waals surface area contributed by atoms with E-state index in [9.17, 15) is 14.0 Å². The summed E-state index contributed by atoms with van der Waals surface area (Å²) in [7, 11) is 1.51. The minimum atomic E-state index is -0.701. The first-order valence-electron chi connectivity index (χ1n) is 6.02. The molecule has 0 fully saturated rings. The first kappa shape index (κ1) is 17.4. The van der Waals surface area contributed by atoms with Gasteiger partial charge in [-0.15, -0.1) is 0 Å². The number of esters is 1. The number of ether oxygens (including phenoxy) is 3. The van der Waals surface area contributed by atoms with Crippen LogP contribution in [-0.2, 0) is 19.1 Å². The number of benzene rings is 1. The summed E-state index contributed by atoms with van der Waals surface area (Å²) in [6.45, 7) is -0.0562. The number of carbonyl (C=O) groups is 2. The maximum absolute atomic E-state index is 12.9. The molecule has 116 valence electrons. The van der Waals surface area contributed by atoms with Gasteiger partial charge in [-0.05, 0) is 34.1 Å². The molecule has 0 aromatic heterocycles. The summed E-state index contributed by atoms with van der Waals surface area (Å²) < 4.78 is 27.8. The molecule has 0 heterocycles. The number of hydrogen-bond donors (Lipinski definition) is 1. The maximum Gasteiger partial charge on any atom is 0.344 e. The Morgan fingerprint density at radius 3 is 2.76 bits per heavy atom. The molecule has 1 N–H and O–H groups in total. The summed E-state index contributed by atoms with van der Waals surface area (Å²) >= 11 is 3.10. The number of hydrogen-bond acceptors (Lipinski definition) is 5. The van der Waals surface area contributed by atoms with Gasteiger partial charge in [-0.3, -0.25) is 4.79 Å². The zero-order valence-electron chi connectivity index (χ0n) is 11.4. The third kappa shape index (κ3) is 7.05. The molecule has 0 aliphatic carbocycles. The summed E-state index contributed by atoms with van der Waals surface area (Å²) in [5.41, 5.74) is 0. The van der Waals surface area contributed by atoms with E-state index in [4.69, 9.17) is 14.2 Å². The highest BCUT2D eigenvalue weighted by molar-refractivity contribution is 9.10. The summed E-state index contributed by atoms with van der Waals surface area (Å²) in [5, 5.41) is 2.50. The molecule has 1 aromatic carbocycles. The molecule has 0 aliphatic rings. The van der Waals surface area contributed by atoms with Crippen LogP contribution in [0, 0.1) is 5.82 Å². The Morgan fingerprint density at radius 1 is 1.33 bits per heavy atom. The predicted molar refractivity (Wildman–Crippen MR) is 75.4 cm³/mol. The monoisotopic (exact) mass is 363 g/mol. The van der Waals surface area contributed by atoms with E-state index in [1.54, 1.807) is 0 Å². The molecule has 1 amide bonds. The number of methoxy groups -OCH3 is 1. The summed E-state index contributed by atoms with van der Waals surface area (Å²) in [4.78, 5) is 22.6. The van der Waals surface area contributed by atoms with Gasteiger partial charge in [0.2, 0.25) is 0 Å². The van der Waals surface area contributed by atoms with E-state index in [1.165, 1.54) is 25.3 Å². The zero-order valence-corrected chi connectivity index (χ0v) is 12.9. The van der Waals surface area contributed by atoms with Crippen molar-refractivity contribution in [2.24, 2.45) is 0 Å². The quantitative estimate of drug-likeness (QED) is 0.556. The molecule has 1 aromatic rings. The molecule has 8 heteroatoms. The van der Waals surface area contributed by atoms with Crippen molar-refractivity contribution in [3.05, 3.63) is 28.5 Å². The van der Waals surface area contributed by atoms with Gasteiger partial charge < -0.3 is 19.5 Å². The second-order valence-electron chi connectivity index (χ2n) is 3.87. The van der Waals surface area contributed by atoms with Crippen molar-refractivity contribution in [1.29, 1.82) is 0 Å². The predicted octanol–water partition coefficient (Wildman–Crippen LogP) is 1.27. The Morgan fingerprint density at radius 2 is 2.10 bits per heavy atom. The van der Waals surface area contributed by atoms with Gasteiger partial charge in [0.15, 0.2) is 13.2 Å². The smallest absolute Gasteiger partial charge is 0.344 e. The molecule has 0 atom stereocenters. The molecule has 6 nitrogen and oxygen atoms in total. The van der Waals surface area contributed by atoms with Gasteiger partial charge in [0.1, 0.15) is 11.6 Å². The fourth-order valence-corrected chi connectivity index (χ4v) is 1.73. The van der Waals surface area contributed by atoms with Crippen molar-refractivity contribution in [2.75, 3.05) is 33.5 Å². The third-order valence-corrected chi connectivity index (χ3v) is 2.85. The van der Waals surface area contributed by atoms with Crippen molar-refractivity contribution < 1.29 is 28.2 Å². The summed E-state index contributed by atoms with van der Waals surface area (Å²) in [6.07, 6.45) is 0. The first-order valence-corrected chi connectivity index (χ1v) is 6.81. The zero-order chi connectivity index (χ0) is 15.7. The lowest BCUT2D eigenvalue weighted by Gasteiger charge is -2.08. The molecular formula is C13H15BrFNO5. The molecule has 1 rings (SSSR count). The molecule has 0 spiro atoms. The van der Waals surface area contributed by atoms with Crippen LogP contribution in [0.4, 0.5) is 4.39 Å². The summed E-state index contributed by atoms with van der Waals surface area (Å²) in [6, 6.07) is 3.79. The van der Waals surface area contributed by atoms with E-state index in [0.717, 1.165) is 0 Å². The van der Waals surface area contributed by atoms with E-state index in [-0.39, 0.29) is 6.61 Å². The second-order valence-corrected chi connectivity index (χ2v) is 4.72. The normalized spacial score (nSPS) is 10.0. The molecule has 0 saturated carbocycles. The van der Waals surface area contributed by atoms with Gasteiger partial charge in [0.05, 0.1) is 11.1 Å². The molecular weight excluding hydrogens is 349 g/mol. The lowest BCUT2D eigenvalue weighted by molar-refractivity contribution is -0.150. The van der Waals surface area contributed by atoms with Crippen LogP contribution < -0.4 is 10.1 Å². The Labute approximate surface area is 129 Å². The lowest BCUT2D eigenvalue weighted by Crippen LogP contribution is -2.32. The van der Waals surface area contributed by atoms with Crippen LogP contribution in [0.15, 0.2) is 22.7 Å². The Bertz CT molecular complexity index is 497. The first-order chi connectivity index (χ1) is 10.0. The van der Waals surface area contributed by atoms with Crippen LogP contribution in [0.25, 0.3) is 0 Å². The van der Waals surface area contributed by atoms with E-state index in [2.05, 4.69) is 21.2 Å². The van der Waals surface area contributed by atoms with Crippen molar-refractivity contribution in [3.63, 3.8) is 0 Å². The Hall–Kier alpha value is -1.67. The molecule has 0 bridgehead atoms. The van der Waals surface area contributed by atoms with E-state index >= 15 is 0 Å². The minimum absolute atomic E-state index is 0.304. The van der Waals surface area contributed by atoms with E-state index in [0.29, 0.717) is 23.4 Å². The number of carbonyl (C=O) groups excluding carboxylic acids is 2. The maximum atomic E-state index is 12.9. The standard InChI is InChI=1S/C13H15BrFNO5/c1-19-5-4-16-12(17)7-21-13(18)8-20-11-3-2-9(15)6-10(11)14/h2-3,6H,4-5,7-8H2,1H3,(H,16,17). The highest BCUT2D eigenvalue weighted by Gasteiger charge is 2.10. The molecule has 0 saturated heterocycles. The van der Waals surface area contributed by atoms with Gasteiger partial charge >= 0.3 is 5.97 Å². The van der Waals surface area contributed by atoms with Crippen molar-refractivity contribution >= 4 is 27.8 Å². The molecule has 0 radical (unpaired) electrons. The number of halogens is 2. The SMILES string of the molecule is COCCNC(=O)COC(=O)COc1ccc(F)cc1Br. The van der Waals surface area contributed by atoms with Crippen molar-refractivity contribution in [1.82, 2.24) is 5.32 Å². The Balaban J connectivity index is 2.26. The average Bonchev–Trinajstić information content (AvgIpc) is 2.44. The molecule has 0 aliphatic heterocycles. The van der Waals surface area contributed by atoms with Gasteiger partial charge in [0.25, 0.3) is 5.91 Å². The summed E-state index contributed by atoms with van der Waals surface area (Å²) in [5.74, 6) is -1.25. The van der Waals surface area contributed by atoms with Gasteiger partial charge in [0, 0.05) is 13.7 Å². The number of nitrogens with one attached hydrogen (secondary N) is 1. The van der Waals surface area contributed by atoms with Crippen LogP contribution in [0.1, 0.15) is 0 Å². The van der Waals surface area contributed by atoms with E-state index in [1.807, 2.05) is 0 Å². The van der Waals surface area contributed by atoms with Crippen LogP contribution >= 0.6 is 15.9 Å². The van der Waals surface area contributed by atoms with Crippen LogP contribution in [-0.4, -0.2) is 45.4 Å². The minimum Gasteiger partial charge on any atom is -0.481 e.